The van der Waals surface area contributed by atoms with E-state index in [-0.39, 0.29) is 17.9 Å². The lowest BCUT2D eigenvalue weighted by Crippen LogP contribution is -2.21. The van der Waals surface area contributed by atoms with Crippen molar-refractivity contribution in [2.75, 3.05) is 25.1 Å². The van der Waals surface area contributed by atoms with Crippen LogP contribution in [-0.2, 0) is 0 Å². The molecule has 1 aromatic carbocycles. The Kier molecular flexibility index (Phi) is 5.71. The summed E-state index contributed by atoms with van der Waals surface area (Å²) in [6.07, 6.45) is 2.64. The molecular formula is C13H17F2NO2. The van der Waals surface area contributed by atoms with Crippen LogP contribution >= 0.6 is 0 Å². The zero-order chi connectivity index (χ0) is 13.5. The zero-order valence-corrected chi connectivity index (χ0v) is 10.3. The molecule has 18 heavy (non-hydrogen) atoms. The van der Waals surface area contributed by atoms with Crippen molar-refractivity contribution in [2.24, 2.45) is 0 Å². The average Bonchev–Trinajstić information content (AvgIpc) is 2.33. The van der Waals surface area contributed by atoms with Gasteiger partial charge in [-0.05, 0) is 31.4 Å². The lowest BCUT2D eigenvalue weighted by molar-refractivity contribution is 0.112. The summed E-state index contributed by atoms with van der Waals surface area (Å²) in [5.74, 6) is -1.47. The fraction of sp³-hybridized carbons (Fsp3) is 0.462. The van der Waals surface area contributed by atoms with E-state index in [1.165, 1.54) is 4.90 Å². The highest BCUT2D eigenvalue weighted by molar-refractivity contribution is 5.76. The third kappa shape index (κ3) is 3.77. The average molecular weight is 257 g/mol. The number of aliphatic hydroxyl groups is 1. The number of nitrogens with zero attached hydrogens (tertiary/aromatic N) is 1. The highest BCUT2D eigenvalue weighted by atomic mass is 19.1. The van der Waals surface area contributed by atoms with Gasteiger partial charge in [0.15, 0.2) is 0 Å². The molecule has 0 heterocycles. The third-order valence-corrected chi connectivity index (χ3v) is 2.71. The van der Waals surface area contributed by atoms with Crippen LogP contribution in [0.3, 0.4) is 0 Å². The maximum absolute atomic E-state index is 13.6. The van der Waals surface area contributed by atoms with Crippen LogP contribution in [0, 0.1) is 11.6 Å². The quantitative estimate of drug-likeness (QED) is 0.602. The summed E-state index contributed by atoms with van der Waals surface area (Å²) in [7, 11) is 1.60. The zero-order valence-electron chi connectivity index (χ0n) is 10.3. The summed E-state index contributed by atoms with van der Waals surface area (Å²) in [5, 5.41) is 8.63. The van der Waals surface area contributed by atoms with E-state index in [1.54, 1.807) is 7.05 Å². The van der Waals surface area contributed by atoms with Crippen molar-refractivity contribution in [3.8, 4) is 0 Å². The first-order valence-corrected chi connectivity index (χ1v) is 5.86. The van der Waals surface area contributed by atoms with Crippen LogP contribution < -0.4 is 4.90 Å². The molecule has 5 heteroatoms. The summed E-state index contributed by atoms with van der Waals surface area (Å²) in [5.41, 5.74) is -0.132. The molecule has 0 fully saturated rings. The van der Waals surface area contributed by atoms with Gasteiger partial charge in [0.2, 0.25) is 0 Å². The number of carbonyl (C=O) groups excluding carboxylic acids is 1. The Morgan fingerprint density at radius 3 is 2.33 bits per heavy atom. The molecule has 0 bridgehead atoms. The van der Waals surface area contributed by atoms with E-state index in [2.05, 4.69) is 0 Å². The fourth-order valence-electron chi connectivity index (χ4n) is 1.77. The number of halogens is 2. The second-order valence-corrected chi connectivity index (χ2v) is 4.16. The largest absolute Gasteiger partial charge is 0.396 e. The number of aldehydes is 1. The number of rotatable bonds is 7. The first-order chi connectivity index (χ1) is 8.60. The van der Waals surface area contributed by atoms with E-state index in [0.29, 0.717) is 19.3 Å². The number of carbonyl (C=O) groups is 1. The normalized spacial score (nSPS) is 10.4. The molecule has 0 aromatic heterocycles. The highest BCUT2D eigenvalue weighted by Crippen LogP contribution is 2.23. The van der Waals surface area contributed by atoms with Gasteiger partial charge in [-0.15, -0.1) is 0 Å². The lowest BCUT2D eigenvalue weighted by atomic mass is 10.1. The second-order valence-electron chi connectivity index (χ2n) is 4.16. The van der Waals surface area contributed by atoms with Gasteiger partial charge < -0.3 is 10.0 Å². The van der Waals surface area contributed by atoms with Gasteiger partial charge in [0.25, 0.3) is 0 Å². The molecule has 0 aliphatic heterocycles. The topological polar surface area (TPSA) is 40.5 Å². The van der Waals surface area contributed by atoms with E-state index in [1.807, 2.05) is 0 Å². The standard InChI is InChI=1S/C13H17F2NO2/c1-16(5-3-2-4-6-17)13-11(14)7-10(9-18)8-12(13)15/h7-9,17H,2-6H2,1H3. The number of anilines is 1. The molecule has 0 spiro atoms. The van der Waals surface area contributed by atoms with Crippen molar-refractivity contribution in [1.29, 1.82) is 0 Å². The Bertz CT molecular complexity index is 387. The molecule has 0 aliphatic carbocycles. The van der Waals surface area contributed by atoms with Gasteiger partial charge in [-0.1, -0.05) is 0 Å². The number of aliphatic hydroxyl groups excluding tert-OH is 1. The van der Waals surface area contributed by atoms with Crippen LogP contribution in [0.1, 0.15) is 29.6 Å². The SMILES string of the molecule is CN(CCCCCO)c1c(F)cc(C=O)cc1F. The van der Waals surface area contributed by atoms with E-state index in [0.717, 1.165) is 25.0 Å². The van der Waals surface area contributed by atoms with Gasteiger partial charge in [0.05, 0.1) is 0 Å². The number of unbranched alkanes of at least 4 members (excludes halogenated alkanes) is 2. The lowest BCUT2D eigenvalue weighted by Gasteiger charge is -2.20. The van der Waals surface area contributed by atoms with Crippen LogP contribution in [0.5, 0.6) is 0 Å². The van der Waals surface area contributed by atoms with Crippen molar-refractivity contribution in [3.63, 3.8) is 0 Å². The first kappa shape index (κ1) is 14.6. The first-order valence-electron chi connectivity index (χ1n) is 5.86. The minimum Gasteiger partial charge on any atom is -0.396 e. The van der Waals surface area contributed by atoms with Gasteiger partial charge in [-0.25, -0.2) is 8.78 Å². The van der Waals surface area contributed by atoms with Gasteiger partial charge in [0.1, 0.15) is 23.6 Å². The molecule has 0 saturated heterocycles. The van der Waals surface area contributed by atoms with Crippen LogP contribution in [-0.4, -0.2) is 31.6 Å². The van der Waals surface area contributed by atoms with Crippen molar-refractivity contribution in [2.45, 2.75) is 19.3 Å². The fourth-order valence-corrected chi connectivity index (χ4v) is 1.77. The second kappa shape index (κ2) is 7.06. The van der Waals surface area contributed by atoms with Crippen molar-refractivity contribution < 1.29 is 18.7 Å². The Hall–Kier alpha value is -1.49. The summed E-state index contributed by atoms with van der Waals surface area (Å²) in [6, 6.07) is 2.05. The third-order valence-electron chi connectivity index (χ3n) is 2.71. The van der Waals surface area contributed by atoms with Crippen molar-refractivity contribution in [3.05, 3.63) is 29.3 Å². The molecule has 0 radical (unpaired) electrons. The Morgan fingerprint density at radius 1 is 1.22 bits per heavy atom. The van der Waals surface area contributed by atoms with E-state index in [9.17, 15) is 13.6 Å². The molecule has 0 aliphatic rings. The number of benzene rings is 1. The molecular weight excluding hydrogens is 240 g/mol. The molecule has 0 atom stereocenters. The Balaban J connectivity index is 2.73. The van der Waals surface area contributed by atoms with Crippen LogP contribution in [0.15, 0.2) is 12.1 Å². The van der Waals surface area contributed by atoms with Gasteiger partial charge in [-0.2, -0.15) is 0 Å². The molecule has 3 nitrogen and oxygen atoms in total. The van der Waals surface area contributed by atoms with E-state index < -0.39 is 11.6 Å². The molecule has 0 amide bonds. The maximum atomic E-state index is 13.6. The molecule has 1 aromatic rings. The molecule has 1 N–H and O–H groups in total. The minimum atomic E-state index is -0.734. The van der Waals surface area contributed by atoms with Gasteiger partial charge in [-0.3, -0.25) is 4.79 Å². The van der Waals surface area contributed by atoms with Gasteiger partial charge >= 0.3 is 0 Å². The van der Waals surface area contributed by atoms with E-state index in [4.69, 9.17) is 5.11 Å². The van der Waals surface area contributed by atoms with E-state index >= 15 is 0 Å². The maximum Gasteiger partial charge on any atom is 0.150 e. The summed E-state index contributed by atoms with van der Waals surface area (Å²) >= 11 is 0. The highest BCUT2D eigenvalue weighted by Gasteiger charge is 2.14. The summed E-state index contributed by atoms with van der Waals surface area (Å²) in [4.78, 5) is 11.9. The van der Waals surface area contributed by atoms with Crippen molar-refractivity contribution in [1.82, 2.24) is 0 Å². The summed E-state index contributed by atoms with van der Waals surface area (Å²) < 4.78 is 27.3. The predicted octanol–water partition coefficient (Wildman–Crippen LogP) is 2.38. The number of hydrogen-bond donors (Lipinski definition) is 1. The Morgan fingerprint density at radius 2 is 1.83 bits per heavy atom. The van der Waals surface area contributed by atoms with Crippen LogP contribution in [0.4, 0.5) is 14.5 Å². The molecule has 100 valence electrons. The van der Waals surface area contributed by atoms with Gasteiger partial charge in [0, 0.05) is 25.8 Å². The smallest absolute Gasteiger partial charge is 0.150 e. The summed E-state index contributed by atoms with van der Waals surface area (Å²) in [6.45, 7) is 0.620. The molecule has 0 unspecified atom stereocenters. The minimum absolute atomic E-state index is 0.0116. The monoisotopic (exact) mass is 257 g/mol. The predicted molar refractivity (Wildman–Crippen MR) is 66.0 cm³/mol. The molecule has 0 saturated carbocycles. The van der Waals surface area contributed by atoms with Crippen LogP contribution in [0.2, 0.25) is 0 Å². The number of hydrogen-bond acceptors (Lipinski definition) is 3. The molecule has 1 rings (SSSR count). The van der Waals surface area contributed by atoms with Crippen LogP contribution in [0.25, 0.3) is 0 Å². The van der Waals surface area contributed by atoms with Crippen molar-refractivity contribution >= 4 is 12.0 Å². The Labute approximate surface area is 105 Å².